The Hall–Kier alpha value is -1.45. The van der Waals surface area contributed by atoms with E-state index in [0.29, 0.717) is 48.7 Å². The first-order valence-electron chi connectivity index (χ1n) is 12.3. The Morgan fingerprint density at radius 3 is 2.60 bits per heavy atom. The van der Waals surface area contributed by atoms with Gasteiger partial charge in [-0.25, -0.2) is 0 Å². The third kappa shape index (κ3) is 3.39. The van der Waals surface area contributed by atoms with Gasteiger partial charge in [0.1, 0.15) is 0 Å². The van der Waals surface area contributed by atoms with Crippen LogP contribution in [0.5, 0.6) is 0 Å². The fourth-order valence-electron chi connectivity index (χ4n) is 7.76. The number of ketones is 2. The fraction of sp³-hybridized carbons (Fsp3) is 0.808. The lowest BCUT2D eigenvalue weighted by molar-refractivity contribution is -0.187. The molecular weight excluding hydrogens is 376 g/mol. The lowest BCUT2D eigenvalue weighted by Gasteiger charge is -2.55. The van der Waals surface area contributed by atoms with Gasteiger partial charge in [0.25, 0.3) is 0 Å². The minimum absolute atomic E-state index is 0.0365. The van der Waals surface area contributed by atoms with Crippen molar-refractivity contribution in [3.05, 3.63) is 11.6 Å². The van der Waals surface area contributed by atoms with Crippen LogP contribution < -0.4 is 0 Å². The van der Waals surface area contributed by atoms with Crippen molar-refractivity contribution in [3.8, 4) is 0 Å². The highest BCUT2D eigenvalue weighted by Crippen LogP contribution is 2.66. The van der Waals surface area contributed by atoms with E-state index in [0.717, 1.165) is 57.8 Å². The molecule has 3 saturated carbocycles. The van der Waals surface area contributed by atoms with Gasteiger partial charge in [-0.05, 0) is 88.0 Å². The number of allylic oxidation sites excluding steroid dienone is 1. The maximum atomic E-state index is 13.0. The molecule has 0 aromatic rings. The van der Waals surface area contributed by atoms with E-state index >= 15 is 0 Å². The van der Waals surface area contributed by atoms with Crippen molar-refractivity contribution >= 4 is 17.5 Å². The topological polar surface area (TPSA) is 60.4 Å². The van der Waals surface area contributed by atoms with Crippen LogP contribution in [-0.4, -0.2) is 23.1 Å². The van der Waals surface area contributed by atoms with Crippen LogP contribution in [0.4, 0.5) is 0 Å². The van der Waals surface area contributed by atoms with Crippen molar-refractivity contribution in [2.24, 2.45) is 29.1 Å². The SMILES string of the molecule is CCCCCC(=O)O[C@]1(C(C)=O)CCC2C3CCC4=CC(=O)CCC4C3CC[C@@]21C. The second kappa shape index (κ2) is 8.24. The fourth-order valence-corrected chi connectivity index (χ4v) is 7.76. The van der Waals surface area contributed by atoms with Gasteiger partial charge < -0.3 is 4.74 Å². The molecule has 0 aromatic heterocycles. The molecular formula is C26H38O4. The van der Waals surface area contributed by atoms with Crippen molar-refractivity contribution < 1.29 is 19.1 Å². The molecule has 4 aliphatic carbocycles. The molecule has 0 N–H and O–H groups in total. The van der Waals surface area contributed by atoms with E-state index in [4.69, 9.17) is 4.74 Å². The van der Waals surface area contributed by atoms with E-state index in [1.54, 1.807) is 6.92 Å². The Bertz CT molecular complexity index is 752. The summed E-state index contributed by atoms with van der Waals surface area (Å²) in [7, 11) is 0. The molecule has 30 heavy (non-hydrogen) atoms. The summed E-state index contributed by atoms with van der Waals surface area (Å²) in [6.07, 6.45) is 12.8. The monoisotopic (exact) mass is 414 g/mol. The first-order chi connectivity index (χ1) is 14.3. The summed E-state index contributed by atoms with van der Waals surface area (Å²) in [6, 6.07) is 0. The number of hydrogen-bond donors (Lipinski definition) is 0. The van der Waals surface area contributed by atoms with Crippen LogP contribution in [0, 0.1) is 29.1 Å². The molecule has 0 heterocycles. The molecule has 166 valence electrons. The first kappa shape index (κ1) is 21.8. The van der Waals surface area contributed by atoms with Gasteiger partial charge >= 0.3 is 5.97 Å². The molecule has 0 aliphatic heterocycles. The van der Waals surface area contributed by atoms with Crippen LogP contribution in [0.1, 0.15) is 97.8 Å². The molecule has 4 unspecified atom stereocenters. The number of carbonyl (C=O) groups is 3. The lowest BCUT2D eigenvalue weighted by atomic mass is 9.50. The van der Waals surface area contributed by atoms with Crippen molar-refractivity contribution in [1.29, 1.82) is 0 Å². The molecule has 6 atom stereocenters. The van der Waals surface area contributed by atoms with Crippen LogP contribution in [-0.2, 0) is 19.1 Å². The van der Waals surface area contributed by atoms with Crippen molar-refractivity contribution in [2.45, 2.75) is 103 Å². The van der Waals surface area contributed by atoms with Crippen molar-refractivity contribution in [1.82, 2.24) is 0 Å². The molecule has 0 spiro atoms. The van der Waals surface area contributed by atoms with Crippen LogP contribution in [0.15, 0.2) is 11.6 Å². The normalized spacial score (nSPS) is 40.1. The van der Waals surface area contributed by atoms with Gasteiger partial charge in [0.05, 0.1) is 0 Å². The van der Waals surface area contributed by atoms with Crippen LogP contribution in [0.3, 0.4) is 0 Å². The van der Waals surface area contributed by atoms with E-state index in [-0.39, 0.29) is 17.2 Å². The molecule has 0 radical (unpaired) electrons. The minimum atomic E-state index is -0.940. The van der Waals surface area contributed by atoms with Gasteiger partial charge in [-0.2, -0.15) is 0 Å². The number of esters is 1. The Morgan fingerprint density at radius 1 is 1.07 bits per heavy atom. The predicted molar refractivity (Wildman–Crippen MR) is 116 cm³/mol. The molecule has 0 saturated heterocycles. The number of carbonyl (C=O) groups excluding carboxylic acids is 3. The van der Waals surface area contributed by atoms with Gasteiger partial charge in [-0.15, -0.1) is 0 Å². The molecule has 4 aliphatic rings. The third-order valence-electron chi connectivity index (χ3n) is 9.26. The van der Waals surface area contributed by atoms with Gasteiger partial charge in [-0.1, -0.05) is 32.3 Å². The number of ether oxygens (including phenoxy) is 1. The van der Waals surface area contributed by atoms with E-state index in [2.05, 4.69) is 13.8 Å². The van der Waals surface area contributed by atoms with Crippen molar-refractivity contribution in [3.63, 3.8) is 0 Å². The quantitative estimate of drug-likeness (QED) is 0.420. The zero-order valence-electron chi connectivity index (χ0n) is 19.0. The number of fused-ring (bicyclic) bond motifs is 5. The Morgan fingerprint density at radius 2 is 1.87 bits per heavy atom. The average molecular weight is 415 g/mol. The lowest BCUT2D eigenvalue weighted by Crippen LogP contribution is -2.57. The molecule has 0 amide bonds. The molecule has 4 heteroatoms. The Labute approximate surface area is 181 Å². The van der Waals surface area contributed by atoms with E-state index < -0.39 is 5.60 Å². The summed E-state index contributed by atoms with van der Waals surface area (Å²) >= 11 is 0. The van der Waals surface area contributed by atoms with E-state index in [9.17, 15) is 14.4 Å². The molecule has 4 rings (SSSR count). The maximum absolute atomic E-state index is 13.0. The Balaban J connectivity index is 1.56. The van der Waals surface area contributed by atoms with Gasteiger partial charge in [-0.3, -0.25) is 14.4 Å². The largest absolute Gasteiger partial charge is 0.450 e. The highest BCUT2D eigenvalue weighted by atomic mass is 16.6. The zero-order chi connectivity index (χ0) is 21.5. The standard InChI is InChI=1S/C26H38O4/c1-4-5-6-7-24(29)30-26(17(2)27)15-13-23-22-10-8-18-16-19(28)9-11-20(18)21(22)12-14-25(23,26)3/h16,20-23H,4-15H2,1-3H3/t20?,21?,22?,23?,25-,26-/m0/s1. The first-order valence-corrected chi connectivity index (χ1v) is 12.3. The molecule has 0 aromatic carbocycles. The average Bonchev–Trinajstić information content (AvgIpc) is 3.01. The van der Waals surface area contributed by atoms with E-state index in [1.807, 2.05) is 6.08 Å². The highest BCUT2D eigenvalue weighted by molar-refractivity contribution is 5.91. The number of Topliss-reactive ketones (excluding diaryl/α,β-unsaturated/α-hetero) is 1. The minimum Gasteiger partial charge on any atom is -0.450 e. The van der Waals surface area contributed by atoms with Crippen molar-refractivity contribution in [2.75, 3.05) is 0 Å². The second-order valence-corrected chi connectivity index (χ2v) is 10.6. The number of unbranched alkanes of at least 4 members (excludes halogenated alkanes) is 2. The summed E-state index contributed by atoms with van der Waals surface area (Å²) in [5.41, 5.74) is 0.186. The molecule has 0 bridgehead atoms. The van der Waals surface area contributed by atoms with Gasteiger partial charge in [0.15, 0.2) is 17.2 Å². The van der Waals surface area contributed by atoms with E-state index in [1.165, 1.54) is 5.57 Å². The number of hydrogen-bond acceptors (Lipinski definition) is 4. The summed E-state index contributed by atoms with van der Waals surface area (Å²) in [6.45, 7) is 5.99. The highest BCUT2D eigenvalue weighted by Gasteiger charge is 2.66. The summed E-state index contributed by atoms with van der Waals surface area (Å²) in [5.74, 6) is 2.33. The maximum Gasteiger partial charge on any atom is 0.306 e. The second-order valence-electron chi connectivity index (χ2n) is 10.6. The molecule has 4 nitrogen and oxygen atoms in total. The summed E-state index contributed by atoms with van der Waals surface area (Å²) < 4.78 is 6.14. The summed E-state index contributed by atoms with van der Waals surface area (Å²) in [4.78, 5) is 37.6. The van der Waals surface area contributed by atoms with Crippen LogP contribution in [0.2, 0.25) is 0 Å². The van der Waals surface area contributed by atoms with Gasteiger partial charge in [0.2, 0.25) is 0 Å². The number of rotatable bonds is 6. The third-order valence-corrected chi connectivity index (χ3v) is 9.26. The Kier molecular flexibility index (Phi) is 5.98. The molecule has 3 fully saturated rings. The van der Waals surface area contributed by atoms with Crippen LogP contribution in [0.25, 0.3) is 0 Å². The summed E-state index contributed by atoms with van der Waals surface area (Å²) in [5, 5.41) is 0. The predicted octanol–water partition coefficient (Wildman–Crippen LogP) is 5.58. The van der Waals surface area contributed by atoms with Crippen LogP contribution >= 0.6 is 0 Å². The zero-order valence-corrected chi connectivity index (χ0v) is 19.0. The smallest absolute Gasteiger partial charge is 0.306 e. The van der Waals surface area contributed by atoms with Gasteiger partial charge in [0, 0.05) is 18.3 Å².